The fraction of sp³-hybridized carbons (Fsp3) is 0.385. The highest BCUT2D eigenvalue weighted by molar-refractivity contribution is 6.63. The summed E-state index contributed by atoms with van der Waals surface area (Å²) in [5, 5.41) is -0.442. The second-order valence-electron chi connectivity index (χ2n) is 3.68. The van der Waals surface area contributed by atoms with E-state index in [1.54, 1.807) is 6.92 Å². The molecular formula is C13H15ClO3. The van der Waals surface area contributed by atoms with Crippen LogP contribution >= 0.6 is 11.6 Å². The van der Waals surface area contributed by atoms with E-state index in [1.807, 2.05) is 30.3 Å². The molecule has 0 saturated heterocycles. The van der Waals surface area contributed by atoms with Crippen molar-refractivity contribution in [3.8, 4) is 0 Å². The van der Waals surface area contributed by atoms with Gasteiger partial charge in [-0.1, -0.05) is 30.3 Å². The van der Waals surface area contributed by atoms with Gasteiger partial charge in [-0.3, -0.25) is 9.59 Å². The van der Waals surface area contributed by atoms with E-state index in [-0.39, 0.29) is 24.7 Å². The Morgan fingerprint density at radius 2 is 1.88 bits per heavy atom. The molecule has 0 unspecified atom stereocenters. The molecule has 0 fully saturated rings. The molecule has 0 amide bonds. The first-order valence-corrected chi connectivity index (χ1v) is 5.90. The van der Waals surface area contributed by atoms with Crippen molar-refractivity contribution in [2.24, 2.45) is 0 Å². The number of esters is 1. The van der Waals surface area contributed by atoms with E-state index in [2.05, 4.69) is 0 Å². The minimum Gasteiger partial charge on any atom is -0.466 e. The van der Waals surface area contributed by atoms with Gasteiger partial charge in [-0.2, -0.15) is 0 Å². The average Bonchev–Trinajstić information content (AvgIpc) is 2.29. The number of carbonyl (C=O) groups excluding carboxylic acids is 2. The fourth-order valence-electron chi connectivity index (χ4n) is 1.65. The molecule has 1 aromatic rings. The molecule has 3 nitrogen and oxygen atoms in total. The van der Waals surface area contributed by atoms with E-state index in [1.165, 1.54) is 0 Å². The SMILES string of the molecule is CCOC(=O)C[C@@H](CC(=O)Cl)c1ccccc1. The number of carbonyl (C=O) groups is 2. The third-order valence-electron chi connectivity index (χ3n) is 2.40. The predicted molar refractivity (Wildman–Crippen MR) is 65.9 cm³/mol. The second kappa shape index (κ2) is 7.07. The number of hydrogen-bond acceptors (Lipinski definition) is 3. The van der Waals surface area contributed by atoms with E-state index in [0.29, 0.717) is 6.61 Å². The van der Waals surface area contributed by atoms with E-state index in [0.717, 1.165) is 5.56 Å². The van der Waals surface area contributed by atoms with E-state index in [4.69, 9.17) is 16.3 Å². The molecule has 0 radical (unpaired) electrons. The largest absolute Gasteiger partial charge is 0.466 e. The maximum Gasteiger partial charge on any atom is 0.306 e. The van der Waals surface area contributed by atoms with Gasteiger partial charge in [-0.05, 0) is 24.1 Å². The summed E-state index contributed by atoms with van der Waals surface area (Å²) in [6, 6.07) is 9.37. The Bertz CT molecular complexity index is 376. The van der Waals surface area contributed by atoms with E-state index < -0.39 is 5.24 Å². The smallest absolute Gasteiger partial charge is 0.306 e. The number of rotatable bonds is 6. The lowest BCUT2D eigenvalue weighted by atomic mass is 9.93. The van der Waals surface area contributed by atoms with Crippen LogP contribution in [0.25, 0.3) is 0 Å². The van der Waals surface area contributed by atoms with Crippen LogP contribution in [0.5, 0.6) is 0 Å². The first-order chi connectivity index (χ1) is 8.13. The molecule has 0 aliphatic rings. The van der Waals surface area contributed by atoms with Crippen LogP contribution in [0, 0.1) is 0 Å². The van der Waals surface area contributed by atoms with Crippen LogP contribution in [0.4, 0.5) is 0 Å². The summed E-state index contributed by atoms with van der Waals surface area (Å²) in [7, 11) is 0. The van der Waals surface area contributed by atoms with Gasteiger partial charge >= 0.3 is 5.97 Å². The van der Waals surface area contributed by atoms with Crippen molar-refractivity contribution in [1.29, 1.82) is 0 Å². The number of halogens is 1. The van der Waals surface area contributed by atoms with E-state index >= 15 is 0 Å². The minimum absolute atomic E-state index is 0.143. The molecule has 4 heteroatoms. The topological polar surface area (TPSA) is 43.4 Å². The molecule has 1 rings (SSSR count). The highest BCUT2D eigenvalue weighted by Crippen LogP contribution is 2.24. The molecule has 0 bridgehead atoms. The molecule has 0 heterocycles. The summed E-state index contributed by atoms with van der Waals surface area (Å²) in [6.45, 7) is 2.09. The molecule has 0 spiro atoms. The average molecular weight is 255 g/mol. The molecule has 1 aromatic carbocycles. The Morgan fingerprint density at radius 1 is 1.24 bits per heavy atom. The Kier molecular flexibility index (Phi) is 5.70. The number of benzene rings is 1. The van der Waals surface area contributed by atoms with Crippen LogP contribution in [-0.2, 0) is 14.3 Å². The fourth-order valence-corrected chi connectivity index (χ4v) is 1.83. The Hall–Kier alpha value is -1.35. The highest BCUT2D eigenvalue weighted by atomic mass is 35.5. The van der Waals surface area contributed by atoms with Gasteiger partial charge in [0.15, 0.2) is 0 Å². The van der Waals surface area contributed by atoms with Gasteiger partial charge in [-0.25, -0.2) is 0 Å². The monoisotopic (exact) mass is 254 g/mol. The van der Waals surface area contributed by atoms with Crippen molar-refractivity contribution in [3.05, 3.63) is 35.9 Å². The normalized spacial score (nSPS) is 11.9. The van der Waals surface area contributed by atoms with Crippen LogP contribution in [0.3, 0.4) is 0 Å². The molecular weight excluding hydrogens is 240 g/mol. The molecule has 0 aromatic heterocycles. The maximum absolute atomic E-state index is 11.4. The molecule has 92 valence electrons. The first kappa shape index (κ1) is 13.7. The Labute approximate surface area is 106 Å². The Morgan fingerprint density at radius 3 is 2.41 bits per heavy atom. The van der Waals surface area contributed by atoms with Gasteiger partial charge in [0.05, 0.1) is 13.0 Å². The van der Waals surface area contributed by atoms with Crippen LogP contribution in [0.15, 0.2) is 30.3 Å². The van der Waals surface area contributed by atoms with Crippen LogP contribution in [-0.4, -0.2) is 17.8 Å². The van der Waals surface area contributed by atoms with Crippen LogP contribution in [0.1, 0.15) is 31.2 Å². The lowest BCUT2D eigenvalue weighted by Crippen LogP contribution is -2.12. The molecule has 17 heavy (non-hydrogen) atoms. The Balaban J connectivity index is 2.74. The van der Waals surface area contributed by atoms with Crippen LogP contribution < -0.4 is 0 Å². The zero-order chi connectivity index (χ0) is 12.7. The van der Waals surface area contributed by atoms with Gasteiger partial charge in [0.1, 0.15) is 0 Å². The number of ether oxygens (including phenoxy) is 1. The predicted octanol–water partition coefficient (Wildman–Crippen LogP) is 2.88. The zero-order valence-corrected chi connectivity index (χ0v) is 10.4. The molecule has 0 N–H and O–H groups in total. The van der Waals surface area contributed by atoms with Gasteiger partial charge in [0.25, 0.3) is 0 Å². The second-order valence-corrected chi connectivity index (χ2v) is 4.10. The van der Waals surface area contributed by atoms with Crippen molar-refractivity contribution >= 4 is 22.8 Å². The molecule has 1 atom stereocenters. The van der Waals surface area contributed by atoms with Crippen LogP contribution in [0.2, 0.25) is 0 Å². The summed E-state index contributed by atoms with van der Waals surface area (Å²) in [6.07, 6.45) is 0.320. The van der Waals surface area contributed by atoms with Crippen molar-refractivity contribution in [1.82, 2.24) is 0 Å². The molecule has 0 aliphatic heterocycles. The van der Waals surface area contributed by atoms with Gasteiger partial charge in [0.2, 0.25) is 5.24 Å². The lowest BCUT2D eigenvalue weighted by molar-refractivity contribution is -0.143. The summed E-state index contributed by atoms with van der Waals surface area (Å²) in [4.78, 5) is 22.4. The summed E-state index contributed by atoms with van der Waals surface area (Å²) in [5.74, 6) is -0.514. The summed E-state index contributed by atoms with van der Waals surface area (Å²) in [5.41, 5.74) is 0.926. The molecule has 0 saturated carbocycles. The van der Waals surface area contributed by atoms with Gasteiger partial charge < -0.3 is 4.74 Å². The maximum atomic E-state index is 11.4. The first-order valence-electron chi connectivity index (χ1n) is 5.52. The third kappa shape index (κ3) is 5.00. The van der Waals surface area contributed by atoms with Gasteiger partial charge in [-0.15, -0.1) is 0 Å². The molecule has 0 aliphatic carbocycles. The van der Waals surface area contributed by atoms with Crippen molar-refractivity contribution in [2.45, 2.75) is 25.7 Å². The third-order valence-corrected chi connectivity index (χ3v) is 2.55. The lowest BCUT2D eigenvalue weighted by Gasteiger charge is -2.14. The minimum atomic E-state index is -0.442. The standard InChI is InChI=1S/C13H15ClO3/c1-2-17-13(16)9-11(8-12(14)15)10-6-4-3-5-7-10/h3-7,11H,2,8-9H2,1H3/t11-/m1/s1. The number of hydrogen-bond donors (Lipinski definition) is 0. The quantitative estimate of drug-likeness (QED) is 0.579. The summed E-state index contributed by atoms with van der Waals surface area (Å²) < 4.78 is 4.88. The van der Waals surface area contributed by atoms with Crippen molar-refractivity contribution < 1.29 is 14.3 Å². The van der Waals surface area contributed by atoms with Gasteiger partial charge in [0, 0.05) is 12.3 Å². The van der Waals surface area contributed by atoms with Crippen molar-refractivity contribution in [3.63, 3.8) is 0 Å². The zero-order valence-electron chi connectivity index (χ0n) is 9.69. The summed E-state index contributed by atoms with van der Waals surface area (Å²) >= 11 is 5.39. The highest BCUT2D eigenvalue weighted by Gasteiger charge is 2.19. The van der Waals surface area contributed by atoms with Crippen molar-refractivity contribution in [2.75, 3.05) is 6.61 Å². The van der Waals surface area contributed by atoms with E-state index in [9.17, 15) is 9.59 Å².